The van der Waals surface area contributed by atoms with Gasteiger partial charge in [0.2, 0.25) is 0 Å². The van der Waals surface area contributed by atoms with Gasteiger partial charge in [-0.3, -0.25) is 4.79 Å². The van der Waals surface area contributed by atoms with Gasteiger partial charge in [0.1, 0.15) is 17.2 Å². The lowest BCUT2D eigenvalue weighted by atomic mass is 9.94. The summed E-state index contributed by atoms with van der Waals surface area (Å²) >= 11 is 0. The standard InChI is InChI=1S/C30H37F2N3O3/c1-3-30(32,4-2)20-34-12-9-21(10-13-34)19-38-25-6-8-26(23(15-25)17-33)22-5-7-27(28(31)16-22)29(37)35-14-11-24(36)18-35/h5-8,15-16,21,24,36H,3-4,9-14,18-20H2,1-2H3. The summed E-state index contributed by atoms with van der Waals surface area (Å²) in [7, 11) is 0. The summed E-state index contributed by atoms with van der Waals surface area (Å²) in [6.07, 6.45) is 2.85. The van der Waals surface area contributed by atoms with Gasteiger partial charge in [-0.25, -0.2) is 8.78 Å². The predicted octanol–water partition coefficient (Wildman–Crippen LogP) is 5.19. The number of amides is 1. The smallest absolute Gasteiger partial charge is 0.256 e. The average Bonchev–Trinajstić information content (AvgIpc) is 3.38. The molecule has 2 fully saturated rings. The lowest BCUT2D eigenvalue weighted by molar-refractivity contribution is 0.0568. The van der Waals surface area contributed by atoms with E-state index in [9.17, 15) is 23.9 Å². The molecule has 0 spiro atoms. The van der Waals surface area contributed by atoms with E-state index in [1.54, 1.807) is 24.3 Å². The Morgan fingerprint density at radius 3 is 2.47 bits per heavy atom. The van der Waals surface area contributed by atoms with E-state index in [0.717, 1.165) is 25.9 Å². The van der Waals surface area contributed by atoms with Gasteiger partial charge in [-0.2, -0.15) is 5.26 Å². The van der Waals surface area contributed by atoms with Crippen molar-refractivity contribution < 1.29 is 23.4 Å². The highest BCUT2D eigenvalue weighted by Crippen LogP contribution is 2.30. The Bertz CT molecular complexity index is 1170. The van der Waals surface area contributed by atoms with Crippen LogP contribution in [0.5, 0.6) is 5.75 Å². The van der Waals surface area contributed by atoms with E-state index >= 15 is 0 Å². The van der Waals surface area contributed by atoms with Crippen molar-refractivity contribution in [3.05, 3.63) is 53.3 Å². The molecule has 2 heterocycles. The summed E-state index contributed by atoms with van der Waals surface area (Å²) in [6, 6.07) is 11.7. The van der Waals surface area contributed by atoms with Crippen LogP contribution in [-0.2, 0) is 0 Å². The third kappa shape index (κ3) is 6.51. The Morgan fingerprint density at radius 1 is 1.13 bits per heavy atom. The minimum atomic E-state index is -1.12. The second-order valence-corrected chi connectivity index (χ2v) is 10.6. The maximum absolute atomic E-state index is 14.9. The molecule has 0 aromatic heterocycles. The van der Waals surface area contributed by atoms with Gasteiger partial charge in [-0.15, -0.1) is 0 Å². The molecule has 204 valence electrons. The molecule has 2 aliphatic heterocycles. The molecule has 1 unspecified atom stereocenters. The van der Waals surface area contributed by atoms with Crippen LogP contribution in [0.4, 0.5) is 8.78 Å². The molecule has 0 aliphatic carbocycles. The van der Waals surface area contributed by atoms with Crippen molar-refractivity contribution >= 4 is 5.91 Å². The number of alkyl halides is 1. The zero-order chi connectivity index (χ0) is 27.3. The normalized spacial score (nSPS) is 18.9. The van der Waals surface area contributed by atoms with Crippen molar-refractivity contribution in [2.45, 2.75) is 57.7 Å². The monoisotopic (exact) mass is 525 g/mol. The SMILES string of the molecule is CCC(F)(CC)CN1CCC(COc2ccc(-c3ccc(C(=O)N4CCC(O)C4)c(F)c3)c(C#N)c2)CC1. The van der Waals surface area contributed by atoms with Crippen molar-refractivity contribution in [2.75, 3.05) is 39.3 Å². The number of aliphatic hydroxyl groups is 1. The fourth-order valence-electron chi connectivity index (χ4n) is 5.31. The molecular weight excluding hydrogens is 488 g/mol. The number of nitrogens with zero attached hydrogens (tertiary/aromatic N) is 3. The quantitative estimate of drug-likeness (QED) is 0.488. The lowest BCUT2D eigenvalue weighted by Crippen LogP contribution is -2.44. The molecule has 8 heteroatoms. The number of likely N-dealkylation sites (tertiary alicyclic amines) is 2. The molecule has 2 aliphatic rings. The number of halogens is 2. The first kappa shape index (κ1) is 28.0. The fraction of sp³-hybridized carbons (Fsp3) is 0.533. The second-order valence-electron chi connectivity index (χ2n) is 10.6. The number of ether oxygens (including phenoxy) is 1. The van der Waals surface area contributed by atoms with Gasteiger partial charge < -0.3 is 19.6 Å². The van der Waals surface area contributed by atoms with E-state index < -0.39 is 23.5 Å². The molecule has 2 saturated heterocycles. The van der Waals surface area contributed by atoms with E-state index in [0.29, 0.717) is 67.3 Å². The molecule has 1 atom stereocenters. The van der Waals surface area contributed by atoms with Crippen LogP contribution < -0.4 is 4.74 Å². The van der Waals surface area contributed by atoms with Gasteiger partial charge in [0.25, 0.3) is 5.91 Å². The molecule has 6 nitrogen and oxygen atoms in total. The average molecular weight is 526 g/mol. The Morgan fingerprint density at radius 2 is 1.87 bits per heavy atom. The van der Waals surface area contributed by atoms with Gasteiger partial charge in [0.05, 0.1) is 29.9 Å². The summed E-state index contributed by atoms with van der Waals surface area (Å²) in [6.45, 7) is 7.12. The van der Waals surface area contributed by atoms with Gasteiger partial charge in [-0.05, 0) is 92.6 Å². The van der Waals surface area contributed by atoms with Gasteiger partial charge in [0.15, 0.2) is 0 Å². The maximum Gasteiger partial charge on any atom is 0.256 e. The largest absolute Gasteiger partial charge is 0.493 e. The summed E-state index contributed by atoms with van der Waals surface area (Å²) in [5, 5.41) is 19.4. The maximum atomic E-state index is 14.9. The van der Waals surface area contributed by atoms with Crippen LogP contribution in [0.1, 0.15) is 61.9 Å². The molecule has 2 aromatic rings. The predicted molar refractivity (Wildman–Crippen MR) is 142 cm³/mol. The molecule has 1 amide bonds. The Hall–Kier alpha value is -3.02. The van der Waals surface area contributed by atoms with Gasteiger partial charge in [-0.1, -0.05) is 19.9 Å². The Kier molecular flexibility index (Phi) is 9.01. The van der Waals surface area contributed by atoms with E-state index in [1.807, 2.05) is 13.8 Å². The topological polar surface area (TPSA) is 76.8 Å². The molecule has 1 N–H and O–H groups in total. The van der Waals surface area contributed by atoms with Crippen LogP contribution in [0.2, 0.25) is 0 Å². The van der Waals surface area contributed by atoms with E-state index in [4.69, 9.17) is 4.74 Å². The molecule has 4 rings (SSSR count). The minimum absolute atomic E-state index is 0.0473. The number of piperidine rings is 1. The first-order valence-electron chi connectivity index (χ1n) is 13.6. The highest BCUT2D eigenvalue weighted by Gasteiger charge is 2.30. The van der Waals surface area contributed by atoms with Crippen LogP contribution >= 0.6 is 0 Å². The minimum Gasteiger partial charge on any atom is -0.493 e. The van der Waals surface area contributed by atoms with Crippen molar-refractivity contribution in [3.63, 3.8) is 0 Å². The molecule has 38 heavy (non-hydrogen) atoms. The first-order valence-corrected chi connectivity index (χ1v) is 13.6. The van der Waals surface area contributed by atoms with Crippen LogP contribution in [0.3, 0.4) is 0 Å². The van der Waals surface area contributed by atoms with E-state index in [-0.39, 0.29) is 12.1 Å². The second kappa shape index (κ2) is 12.2. The number of rotatable bonds is 9. The molecule has 0 radical (unpaired) electrons. The van der Waals surface area contributed by atoms with Crippen LogP contribution in [0, 0.1) is 23.1 Å². The molecule has 0 saturated carbocycles. The zero-order valence-corrected chi connectivity index (χ0v) is 22.3. The van der Waals surface area contributed by atoms with Gasteiger partial charge >= 0.3 is 0 Å². The third-order valence-corrected chi connectivity index (χ3v) is 8.04. The number of nitriles is 1. The summed E-state index contributed by atoms with van der Waals surface area (Å²) in [5.74, 6) is -0.162. The summed E-state index contributed by atoms with van der Waals surface area (Å²) in [5.41, 5.74) is 0.253. The van der Waals surface area contributed by atoms with E-state index in [2.05, 4.69) is 11.0 Å². The van der Waals surface area contributed by atoms with Crippen LogP contribution in [-0.4, -0.2) is 71.9 Å². The molecule has 2 aromatic carbocycles. The summed E-state index contributed by atoms with van der Waals surface area (Å²) in [4.78, 5) is 16.3. The third-order valence-electron chi connectivity index (χ3n) is 8.04. The zero-order valence-electron chi connectivity index (χ0n) is 22.3. The number of aliphatic hydroxyl groups excluding tert-OH is 1. The Balaban J connectivity index is 1.36. The van der Waals surface area contributed by atoms with Crippen molar-refractivity contribution in [2.24, 2.45) is 5.92 Å². The Labute approximate surface area is 223 Å². The first-order chi connectivity index (χ1) is 18.2. The highest BCUT2D eigenvalue weighted by atomic mass is 19.1. The van der Waals surface area contributed by atoms with Crippen molar-refractivity contribution in [3.8, 4) is 22.9 Å². The number of hydrogen-bond donors (Lipinski definition) is 1. The van der Waals surface area contributed by atoms with Gasteiger partial charge in [0, 0.05) is 19.6 Å². The van der Waals surface area contributed by atoms with Crippen LogP contribution in [0.15, 0.2) is 36.4 Å². The van der Waals surface area contributed by atoms with Crippen molar-refractivity contribution in [1.29, 1.82) is 5.26 Å². The lowest BCUT2D eigenvalue weighted by Gasteiger charge is -2.36. The van der Waals surface area contributed by atoms with E-state index in [1.165, 1.54) is 17.0 Å². The molecular formula is C30H37F2N3O3. The van der Waals surface area contributed by atoms with Crippen molar-refractivity contribution in [1.82, 2.24) is 9.80 Å². The number of carbonyl (C=O) groups excluding carboxylic acids is 1. The van der Waals surface area contributed by atoms with Crippen LogP contribution in [0.25, 0.3) is 11.1 Å². The number of hydrogen-bond acceptors (Lipinski definition) is 5. The number of benzene rings is 2. The summed E-state index contributed by atoms with van der Waals surface area (Å²) < 4.78 is 35.6. The number of carbonyl (C=O) groups is 1. The molecule has 0 bridgehead atoms. The fourth-order valence-corrected chi connectivity index (χ4v) is 5.31. The number of β-amino-alcohol motifs (C(OH)–C–C–N with tert-alkyl or cyclic N) is 1. The highest BCUT2D eigenvalue weighted by molar-refractivity contribution is 5.95.